The van der Waals surface area contributed by atoms with E-state index in [0.717, 1.165) is 38.2 Å². The first-order valence-corrected chi connectivity index (χ1v) is 7.66. The number of nitrogens with two attached hydrogens (primary N) is 2. The molecule has 0 aliphatic heterocycles. The molecule has 0 radical (unpaired) electrons. The normalized spacial score (nSPS) is 12.4. The van der Waals surface area contributed by atoms with Crippen molar-refractivity contribution in [2.45, 2.75) is 39.7 Å². The molecule has 1 rings (SSSR count). The third-order valence-electron chi connectivity index (χ3n) is 3.75. The predicted octanol–water partition coefficient (Wildman–Crippen LogP) is 2.29. The molecule has 0 aliphatic rings. The third-order valence-corrected chi connectivity index (χ3v) is 3.75. The second-order valence-corrected chi connectivity index (χ2v) is 5.38. The van der Waals surface area contributed by atoms with E-state index >= 15 is 0 Å². The van der Waals surface area contributed by atoms with E-state index in [1.54, 1.807) is 18.2 Å². The summed E-state index contributed by atoms with van der Waals surface area (Å²) in [5.41, 5.74) is 13.1. The Morgan fingerprint density at radius 3 is 2.57 bits per heavy atom. The largest absolute Gasteiger partial charge is 0.397 e. The number of carbonyl (C=O) groups excluding carboxylic acids is 1. The molecule has 0 aromatic heterocycles. The predicted molar refractivity (Wildman–Crippen MR) is 89.5 cm³/mol. The van der Waals surface area contributed by atoms with Gasteiger partial charge in [-0.25, -0.2) is 0 Å². The minimum Gasteiger partial charge on any atom is -0.397 e. The molecule has 5 N–H and O–H groups in total. The molecule has 1 aromatic rings. The monoisotopic (exact) mass is 292 g/mol. The quantitative estimate of drug-likeness (QED) is 0.610. The van der Waals surface area contributed by atoms with Crippen LogP contribution in [0.15, 0.2) is 18.2 Å². The van der Waals surface area contributed by atoms with Gasteiger partial charge in [0, 0.05) is 11.6 Å². The van der Waals surface area contributed by atoms with Crippen molar-refractivity contribution in [1.29, 1.82) is 0 Å². The molecule has 118 valence electrons. The van der Waals surface area contributed by atoms with Gasteiger partial charge >= 0.3 is 0 Å². The summed E-state index contributed by atoms with van der Waals surface area (Å²) in [4.78, 5) is 13.6. The lowest BCUT2D eigenvalue weighted by Crippen LogP contribution is -2.25. The molecular weight excluding hydrogens is 264 g/mol. The molecule has 5 heteroatoms. The van der Waals surface area contributed by atoms with Crippen LogP contribution in [-0.2, 0) is 0 Å². The lowest BCUT2D eigenvalue weighted by atomic mass is 10.1. The highest BCUT2D eigenvalue weighted by atomic mass is 16.1. The van der Waals surface area contributed by atoms with Crippen LogP contribution in [0.4, 0.5) is 11.4 Å². The van der Waals surface area contributed by atoms with Crippen LogP contribution < -0.4 is 16.8 Å². The van der Waals surface area contributed by atoms with Gasteiger partial charge in [-0.2, -0.15) is 0 Å². The fourth-order valence-electron chi connectivity index (χ4n) is 2.33. The van der Waals surface area contributed by atoms with E-state index in [2.05, 4.69) is 31.0 Å². The SMILES string of the molecule is CCN(CC)CCCC(C)Nc1cc(C(N)=O)ccc1N. The Bertz CT molecular complexity index is 458. The first-order valence-electron chi connectivity index (χ1n) is 7.66. The van der Waals surface area contributed by atoms with Gasteiger partial charge in [-0.1, -0.05) is 13.8 Å². The van der Waals surface area contributed by atoms with E-state index in [1.807, 2.05) is 0 Å². The van der Waals surface area contributed by atoms with E-state index in [9.17, 15) is 4.79 Å². The van der Waals surface area contributed by atoms with Crippen LogP contribution in [0.3, 0.4) is 0 Å². The van der Waals surface area contributed by atoms with Crippen molar-refractivity contribution < 1.29 is 4.79 Å². The summed E-state index contributed by atoms with van der Waals surface area (Å²) in [6.45, 7) is 9.77. The number of nitrogens with one attached hydrogen (secondary N) is 1. The lowest BCUT2D eigenvalue weighted by molar-refractivity contribution is 0.100. The van der Waals surface area contributed by atoms with Crippen LogP contribution in [0.25, 0.3) is 0 Å². The number of amides is 1. The molecule has 0 aliphatic carbocycles. The van der Waals surface area contributed by atoms with Gasteiger partial charge < -0.3 is 21.7 Å². The van der Waals surface area contributed by atoms with Crippen LogP contribution in [0.2, 0.25) is 0 Å². The van der Waals surface area contributed by atoms with Crippen LogP contribution in [0, 0.1) is 0 Å². The highest BCUT2D eigenvalue weighted by Gasteiger charge is 2.09. The molecule has 0 saturated heterocycles. The first kappa shape index (κ1) is 17.3. The number of rotatable bonds is 9. The van der Waals surface area contributed by atoms with Crippen molar-refractivity contribution in [2.75, 3.05) is 30.7 Å². The van der Waals surface area contributed by atoms with Crippen molar-refractivity contribution in [3.8, 4) is 0 Å². The molecule has 1 amide bonds. The van der Waals surface area contributed by atoms with E-state index in [0.29, 0.717) is 17.3 Å². The maximum atomic E-state index is 11.2. The van der Waals surface area contributed by atoms with Crippen LogP contribution >= 0.6 is 0 Å². The highest BCUT2D eigenvalue weighted by molar-refractivity contribution is 5.94. The number of benzene rings is 1. The van der Waals surface area contributed by atoms with E-state index in [4.69, 9.17) is 11.5 Å². The second-order valence-electron chi connectivity index (χ2n) is 5.38. The van der Waals surface area contributed by atoms with Crippen molar-refractivity contribution in [2.24, 2.45) is 5.73 Å². The van der Waals surface area contributed by atoms with Crippen molar-refractivity contribution in [1.82, 2.24) is 4.90 Å². The summed E-state index contributed by atoms with van der Waals surface area (Å²) in [7, 11) is 0. The van der Waals surface area contributed by atoms with E-state index in [1.165, 1.54) is 0 Å². The second kappa shape index (κ2) is 8.52. The maximum Gasteiger partial charge on any atom is 0.248 e. The number of hydrogen-bond acceptors (Lipinski definition) is 4. The summed E-state index contributed by atoms with van der Waals surface area (Å²) >= 11 is 0. The molecule has 0 bridgehead atoms. The average molecular weight is 292 g/mol. The molecule has 21 heavy (non-hydrogen) atoms. The molecule has 0 spiro atoms. The Hall–Kier alpha value is -1.75. The Morgan fingerprint density at radius 2 is 2.00 bits per heavy atom. The molecule has 0 saturated carbocycles. The smallest absolute Gasteiger partial charge is 0.248 e. The summed E-state index contributed by atoms with van der Waals surface area (Å²) in [5.74, 6) is -0.438. The number of anilines is 2. The molecule has 5 nitrogen and oxygen atoms in total. The average Bonchev–Trinajstić information content (AvgIpc) is 2.45. The van der Waals surface area contributed by atoms with Gasteiger partial charge in [-0.15, -0.1) is 0 Å². The molecular formula is C16H28N4O. The Kier molecular flexibility index (Phi) is 7.02. The van der Waals surface area contributed by atoms with Crippen LogP contribution in [0.1, 0.15) is 44.0 Å². The van der Waals surface area contributed by atoms with Gasteiger partial charge in [0.15, 0.2) is 0 Å². The number of primary amides is 1. The van der Waals surface area contributed by atoms with Crippen molar-refractivity contribution in [3.63, 3.8) is 0 Å². The molecule has 1 atom stereocenters. The Morgan fingerprint density at radius 1 is 1.33 bits per heavy atom. The minimum atomic E-state index is -0.438. The summed E-state index contributed by atoms with van der Waals surface area (Å²) < 4.78 is 0. The number of hydrogen-bond donors (Lipinski definition) is 3. The first-order chi connectivity index (χ1) is 9.97. The van der Waals surface area contributed by atoms with Gasteiger partial charge in [-0.05, 0) is 57.6 Å². The maximum absolute atomic E-state index is 11.2. The highest BCUT2D eigenvalue weighted by Crippen LogP contribution is 2.21. The van der Waals surface area contributed by atoms with Crippen molar-refractivity contribution in [3.05, 3.63) is 23.8 Å². The van der Waals surface area contributed by atoms with E-state index in [-0.39, 0.29) is 0 Å². The van der Waals surface area contributed by atoms with Crippen molar-refractivity contribution >= 4 is 17.3 Å². The number of nitrogens with zero attached hydrogens (tertiary/aromatic N) is 1. The van der Waals surface area contributed by atoms with Gasteiger partial charge in [0.2, 0.25) is 5.91 Å². The third kappa shape index (κ3) is 5.63. The van der Waals surface area contributed by atoms with Crippen LogP contribution in [-0.4, -0.2) is 36.5 Å². The van der Waals surface area contributed by atoms with Gasteiger partial charge in [0.05, 0.1) is 11.4 Å². The Labute approximate surface area is 127 Å². The standard InChI is InChI=1S/C16H28N4O/c1-4-20(5-2)10-6-7-12(3)19-15-11-13(16(18)21)8-9-14(15)17/h8-9,11-12,19H,4-7,10,17H2,1-3H3,(H2,18,21). The summed E-state index contributed by atoms with van der Waals surface area (Å²) in [6.07, 6.45) is 2.18. The number of carbonyl (C=O) groups is 1. The fraction of sp³-hybridized carbons (Fsp3) is 0.562. The molecule has 1 unspecified atom stereocenters. The van der Waals surface area contributed by atoms with Crippen LogP contribution in [0.5, 0.6) is 0 Å². The fourth-order valence-corrected chi connectivity index (χ4v) is 2.33. The zero-order valence-electron chi connectivity index (χ0n) is 13.4. The molecule has 1 aromatic carbocycles. The summed E-state index contributed by atoms with van der Waals surface area (Å²) in [6, 6.07) is 5.38. The molecule has 0 heterocycles. The summed E-state index contributed by atoms with van der Waals surface area (Å²) in [5, 5.41) is 3.36. The Balaban J connectivity index is 2.52. The zero-order valence-corrected chi connectivity index (χ0v) is 13.4. The van der Waals surface area contributed by atoms with Gasteiger partial charge in [-0.3, -0.25) is 4.79 Å². The van der Waals surface area contributed by atoms with Gasteiger partial charge in [0.1, 0.15) is 0 Å². The minimum absolute atomic E-state index is 0.297. The molecule has 0 fully saturated rings. The van der Waals surface area contributed by atoms with E-state index < -0.39 is 5.91 Å². The lowest BCUT2D eigenvalue weighted by Gasteiger charge is -2.21. The van der Waals surface area contributed by atoms with Gasteiger partial charge in [0.25, 0.3) is 0 Å². The number of nitrogen functional groups attached to an aromatic ring is 1. The zero-order chi connectivity index (χ0) is 15.8. The topological polar surface area (TPSA) is 84.4 Å².